The molecule has 1 fully saturated rings. The number of hydrazone groups is 1. The highest BCUT2D eigenvalue weighted by Crippen LogP contribution is 2.24. The number of imide groups is 1. The zero-order valence-electron chi connectivity index (χ0n) is 15.6. The molecule has 1 atom stereocenters. The van der Waals surface area contributed by atoms with Gasteiger partial charge in [-0.15, -0.1) is 5.01 Å². The van der Waals surface area contributed by atoms with E-state index in [2.05, 4.69) is 16.5 Å². The molecule has 2 aromatic rings. The minimum atomic E-state index is -0.992. The molecule has 27 heavy (non-hydrogen) atoms. The van der Waals surface area contributed by atoms with E-state index in [-0.39, 0.29) is 5.91 Å². The molecule has 1 aromatic heterocycles. The summed E-state index contributed by atoms with van der Waals surface area (Å²) in [5, 5.41) is 16.8. The van der Waals surface area contributed by atoms with Crippen molar-refractivity contribution < 1.29 is 9.59 Å². The van der Waals surface area contributed by atoms with Crippen molar-refractivity contribution in [2.75, 3.05) is 0 Å². The van der Waals surface area contributed by atoms with Gasteiger partial charge in [-0.1, -0.05) is 30.3 Å². The van der Waals surface area contributed by atoms with Crippen molar-refractivity contribution in [3.63, 3.8) is 0 Å². The Morgan fingerprint density at radius 2 is 2.00 bits per heavy atom. The van der Waals surface area contributed by atoms with E-state index in [9.17, 15) is 9.59 Å². The monoisotopic (exact) mass is 363 g/mol. The molecule has 7 nitrogen and oxygen atoms in total. The zero-order valence-corrected chi connectivity index (χ0v) is 15.6. The van der Waals surface area contributed by atoms with Gasteiger partial charge < -0.3 is 9.88 Å². The van der Waals surface area contributed by atoms with Gasteiger partial charge in [0.25, 0.3) is 5.91 Å². The fourth-order valence-electron chi connectivity index (χ4n) is 3.06. The number of benzene rings is 1. The standard InChI is InChI=1S/C20H21N5O2/c1-14-16(11-17(12-21)24(14)3)13-22-25-18(26)20(2,23-19(25)27)10-9-15-7-5-4-6-8-15/h4-8,11,13H,9-10H2,1-3H3,(H,23,27)/b22-13-/t20-/m1/s1. The van der Waals surface area contributed by atoms with Crippen LogP contribution in [0, 0.1) is 18.3 Å². The molecule has 1 aromatic carbocycles. The van der Waals surface area contributed by atoms with E-state index in [1.165, 1.54) is 6.21 Å². The second-order valence-electron chi connectivity index (χ2n) is 6.85. The molecular weight excluding hydrogens is 342 g/mol. The molecule has 1 aliphatic rings. The Balaban J connectivity index is 1.75. The minimum Gasteiger partial charge on any atom is -0.339 e. The van der Waals surface area contributed by atoms with Crippen LogP contribution in [-0.4, -0.2) is 33.3 Å². The lowest BCUT2D eigenvalue weighted by Gasteiger charge is -2.20. The number of carbonyl (C=O) groups is 2. The van der Waals surface area contributed by atoms with E-state index < -0.39 is 11.6 Å². The summed E-state index contributed by atoms with van der Waals surface area (Å²) in [5.74, 6) is -0.381. The van der Waals surface area contributed by atoms with Gasteiger partial charge in [0.05, 0.1) is 6.21 Å². The van der Waals surface area contributed by atoms with Gasteiger partial charge in [-0.05, 0) is 38.3 Å². The van der Waals surface area contributed by atoms with Crippen LogP contribution < -0.4 is 5.32 Å². The fourth-order valence-corrected chi connectivity index (χ4v) is 3.06. The second kappa shape index (κ2) is 7.08. The van der Waals surface area contributed by atoms with Crippen molar-refractivity contribution in [1.82, 2.24) is 14.9 Å². The number of hydrogen-bond donors (Lipinski definition) is 1. The van der Waals surface area contributed by atoms with Gasteiger partial charge >= 0.3 is 6.03 Å². The molecule has 3 rings (SSSR count). The molecule has 0 radical (unpaired) electrons. The van der Waals surface area contributed by atoms with Crippen molar-refractivity contribution in [2.45, 2.75) is 32.2 Å². The van der Waals surface area contributed by atoms with Gasteiger partial charge in [-0.25, -0.2) is 4.79 Å². The topological polar surface area (TPSA) is 90.5 Å². The maximum atomic E-state index is 12.8. The number of aryl methyl sites for hydroxylation is 1. The first kappa shape index (κ1) is 18.4. The van der Waals surface area contributed by atoms with Gasteiger partial charge in [-0.2, -0.15) is 10.4 Å². The maximum absolute atomic E-state index is 12.8. The minimum absolute atomic E-state index is 0.381. The van der Waals surface area contributed by atoms with Gasteiger partial charge in [-0.3, -0.25) is 4.79 Å². The lowest BCUT2D eigenvalue weighted by atomic mass is 9.93. The van der Waals surface area contributed by atoms with Crippen LogP contribution in [-0.2, 0) is 18.3 Å². The van der Waals surface area contributed by atoms with Gasteiger partial charge in [0.1, 0.15) is 17.3 Å². The predicted molar refractivity (Wildman–Crippen MR) is 101 cm³/mol. The third-order valence-corrected chi connectivity index (χ3v) is 5.00. The molecule has 1 N–H and O–H groups in total. The van der Waals surface area contributed by atoms with E-state index in [1.807, 2.05) is 37.3 Å². The molecule has 2 heterocycles. The summed E-state index contributed by atoms with van der Waals surface area (Å²) < 4.78 is 1.73. The smallest absolute Gasteiger partial charge is 0.339 e. The molecule has 0 spiro atoms. The van der Waals surface area contributed by atoms with Crippen LogP contribution in [0.3, 0.4) is 0 Å². The molecule has 3 amide bonds. The van der Waals surface area contributed by atoms with Crippen molar-refractivity contribution >= 4 is 18.2 Å². The first-order valence-corrected chi connectivity index (χ1v) is 8.67. The number of hydrogen-bond acceptors (Lipinski definition) is 4. The third-order valence-electron chi connectivity index (χ3n) is 5.00. The Bertz CT molecular complexity index is 955. The predicted octanol–water partition coefficient (Wildman–Crippen LogP) is 2.48. The Kier molecular flexibility index (Phi) is 4.82. The molecule has 0 bridgehead atoms. The van der Waals surface area contributed by atoms with Crippen molar-refractivity contribution in [2.24, 2.45) is 12.1 Å². The molecule has 1 aliphatic heterocycles. The number of rotatable bonds is 5. The molecule has 0 saturated carbocycles. The summed E-state index contributed by atoms with van der Waals surface area (Å²) in [5.41, 5.74) is 2.11. The van der Waals surface area contributed by atoms with Crippen LogP contribution in [0.4, 0.5) is 4.79 Å². The lowest BCUT2D eigenvalue weighted by molar-refractivity contribution is -0.130. The summed E-state index contributed by atoms with van der Waals surface area (Å²) in [6.45, 7) is 3.56. The van der Waals surface area contributed by atoms with Crippen molar-refractivity contribution in [3.05, 3.63) is 58.9 Å². The zero-order chi connectivity index (χ0) is 19.6. The van der Waals surface area contributed by atoms with Crippen LogP contribution >= 0.6 is 0 Å². The average molecular weight is 363 g/mol. The fraction of sp³-hybridized carbons (Fsp3) is 0.300. The highest BCUT2D eigenvalue weighted by Gasteiger charge is 2.47. The normalized spacial score (nSPS) is 19.6. The number of nitrogens with one attached hydrogen (secondary N) is 1. The molecular formula is C20H21N5O2. The number of urea groups is 1. The number of carbonyl (C=O) groups excluding carboxylic acids is 2. The summed E-state index contributed by atoms with van der Waals surface area (Å²) in [6.07, 6.45) is 2.59. The van der Waals surface area contributed by atoms with Gasteiger partial charge in [0.2, 0.25) is 0 Å². The largest absolute Gasteiger partial charge is 0.346 e. The average Bonchev–Trinajstić information content (AvgIpc) is 3.06. The SMILES string of the molecule is Cc1c(/C=N\N2C(=O)N[C@](C)(CCc3ccccc3)C2=O)cc(C#N)n1C. The van der Waals surface area contributed by atoms with E-state index in [0.717, 1.165) is 16.3 Å². The Hall–Kier alpha value is -3.40. The maximum Gasteiger partial charge on any atom is 0.346 e. The molecule has 7 heteroatoms. The summed E-state index contributed by atoms with van der Waals surface area (Å²) in [4.78, 5) is 25.0. The van der Waals surface area contributed by atoms with E-state index in [1.54, 1.807) is 24.6 Å². The number of aromatic nitrogens is 1. The second-order valence-corrected chi connectivity index (χ2v) is 6.85. The number of amides is 3. The van der Waals surface area contributed by atoms with E-state index in [0.29, 0.717) is 24.1 Å². The summed E-state index contributed by atoms with van der Waals surface area (Å²) in [7, 11) is 1.78. The van der Waals surface area contributed by atoms with Crippen molar-refractivity contribution in [3.8, 4) is 6.07 Å². The van der Waals surface area contributed by atoms with Crippen LogP contribution in [0.2, 0.25) is 0 Å². The Morgan fingerprint density at radius 1 is 1.30 bits per heavy atom. The number of nitriles is 1. The van der Waals surface area contributed by atoms with Gasteiger partial charge in [0.15, 0.2) is 0 Å². The quantitative estimate of drug-likeness (QED) is 0.653. The molecule has 0 aliphatic carbocycles. The van der Waals surface area contributed by atoms with Crippen molar-refractivity contribution in [1.29, 1.82) is 5.26 Å². The first-order chi connectivity index (χ1) is 12.9. The Morgan fingerprint density at radius 3 is 2.63 bits per heavy atom. The molecule has 0 unspecified atom stereocenters. The summed E-state index contributed by atoms with van der Waals surface area (Å²) in [6, 6.07) is 13.0. The van der Waals surface area contributed by atoms with Crippen LogP contribution in [0.5, 0.6) is 0 Å². The van der Waals surface area contributed by atoms with E-state index in [4.69, 9.17) is 5.26 Å². The molecule has 1 saturated heterocycles. The van der Waals surface area contributed by atoms with Crippen LogP contribution in [0.15, 0.2) is 41.5 Å². The number of nitrogens with zero attached hydrogens (tertiary/aromatic N) is 4. The Labute approximate surface area is 157 Å². The lowest BCUT2D eigenvalue weighted by Crippen LogP contribution is -2.44. The van der Waals surface area contributed by atoms with Crippen LogP contribution in [0.1, 0.15) is 35.9 Å². The first-order valence-electron chi connectivity index (χ1n) is 8.67. The molecule has 138 valence electrons. The van der Waals surface area contributed by atoms with E-state index >= 15 is 0 Å². The highest BCUT2D eigenvalue weighted by atomic mass is 16.2. The third kappa shape index (κ3) is 3.47. The highest BCUT2D eigenvalue weighted by molar-refractivity contribution is 6.07. The summed E-state index contributed by atoms with van der Waals surface area (Å²) >= 11 is 0. The van der Waals surface area contributed by atoms with Crippen LogP contribution in [0.25, 0.3) is 0 Å². The van der Waals surface area contributed by atoms with Gasteiger partial charge in [0, 0.05) is 18.3 Å².